The highest BCUT2D eigenvalue weighted by molar-refractivity contribution is 5.71. The Hall–Kier alpha value is -4.45. The van der Waals surface area contributed by atoms with Crippen LogP contribution in [0.4, 0.5) is 0 Å². The first-order valence-electron chi connectivity index (χ1n) is 29.2. The van der Waals surface area contributed by atoms with E-state index in [4.69, 9.17) is 14.2 Å². The van der Waals surface area contributed by atoms with Gasteiger partial charge in [-0.2, -0.15) is 0 Å². The molecule has 0 aromatic carbocycles. The molecule has 0 amide bonds. The number of carbonyl (C=O) groups excluding carboxylic acids is 3. The largest absolute Gasteiger partial charge is 0.462 e. The van der Waals surface area contributed by atoms with E-state index in [0.29, 0.717) is 19.3 Å². The second-order valence-corrected chi connectivity index (χ2v) is 18.8. The summed E-state index contributed by atoms with van der Waals surface area (Å²) < 4.78 is 16.7. The quantitative estimate of drug-likeness (QED) is 0.0261. The topological polar surface area (TPSA) is 78.9 Å². The van der Waals surface area contributed by atoms with E-state index in [-0.39, 0.29) is 31.6 Å². The van der Waals surface area contributed by atoms with Crippen LogP contribution in [0.1, 0.15) is 245 Å². The Morgan fingerprint density at radius 3 is 0.917 bits per heavy atom. The van der Waals surface area contributed by atoms with Crippen molar-refractivity contribution in [1.29, 1.82) is 0 Å². The van der Waals surface area contributed by atoms with E-state index in [1.807, 2.05) is 12.2 Å². The van der Waals surface area contributed by atoms with E-state index in [1.165, 1.54) is 77.0 Å². The van der Waals surface area contributed by atoms with E-state index in [0.717, 1.165) is 122 Å². The number of hydrogen-bond donors (Lipinski definition) is 0. The maximum absolute atomic E-state index is 12.8. The average molecular weight is 996 g/mol. The highest BCUT2D eigenvalue weighted by Gasteiger charge is 2.19. The molecule has 1 atom stereocenters. The van der Waals surface area contributed by atoms with Crippen LogP contribution in [0, 0.1) is 0 Å². The molecule has 72 heavy (non-hydrogen) atoms. The van der Waals surface area contributed by atoms with Crippen LogP contribution in [0.3, 0.4) is 0 Å². The third-order valence-corrected chi connectivity index (χ3v) is 11.9. The molecule has 0 N–H and O–H groups in total. The summed E-state index contributed by atoms with van der Waals surface area (Å²) in [5, 5.41) is 0. The SMILES string of the molecule is CC/C=C\C/C=C\C/C=C\C/C=C\C/C=C\C/C=C\CCCCCCCCCCCCCCC(=O)OCC(COC(=O)CCCCCCC/C=C\CCC)OC(=O)CC/C=C\C/C=C\C/C=C\C/C=C\CC. The maximum Gasteiger partial charge on any atom is 0.306 e. The molecular formula is C66H106O6. The standard InChI is InChI=1S/C66H106O6/c1-4-7-10-13-16-19-22-24-25-26-27-28-29-30-31-32-33-34-35-36-37-38-39-40-41-43-44-47-50-53-56-59-65(68)71-62-63(61-70-64(67)58-55-52-49-46-21-18-15-12-9-6-3)72-66(69)60-57-54-51-48-45-42-23-20-17-14-11-8-5-2/h7-8,10-12,15-17,19-20,24-25,27-28,30-31,33-34,42,45,51,54,63H,4-6,9,13-14,18,21-23,26,29,32,35-41,43-44,46-50,52-53,55-62H2,1-3H3/b10-7-,11-8-,15-12-,19-16-,20-17-,25-24-,28-27-,31-30-,34-33-,45-42-,54-51-. The van der Waals surface area contributed by atoms with Crippen LogP contribution in [0.25, 0.3) is 0 Å². The molecule has 406 valence electrons. The van der Waals surface area contributed by atoms with E-state index in [1.54, 1.807) is 0 Å². The van der Waals surface area contributed by atoms with Crippen molar-refractivity contribution in [1.82, 2.24) is 0 Å². The molecule has 0 heterocycles. The van der Waals surface area contributed by atoms with Crippen molar-refractivity contribution in [3.8, 4) is 0 Å². The van der Waals surface area contributed by atoms with Crippen LogP contribution >= 0.6 is 0 Å². The molecule has 6 heteroatoms. The number of ether oxygens (including phenoxy) is 3. The monoisotopic (exact) mass is 995 g/mol. The first kappa shape index (κ1) is 67.5. The van der Waals surface area contributed by atoms with Crippen molar-refractivity contribution in [3.05, 3.63) is 134 Å². The lowest BCUT2D eigenvalue weighted by atomic mass is 10.0. The molecule has 0 saturated heterocycles. The molecule has 6 nitrogen and oxygen atoms in total. The molecule has 0 bridgehead atoms. The lowest BCUT2D eigenvalue weighted by molar-refractivity contribution is -0.166. The molecule has 0 fully saturated rings. The smallest absolute Gasteiger partial charge is 0.306 e. The van der Waals surface area contributed by atoms with E-state index in [9.17, 15) is 14.4 Å². The van der Waals surface area contributed by atoms with E-state index < -0.39 is 12.1 Å². The fourth-order valence-electron chi connectivity index (χ4n) is 7.58. The lowest BCUT2D eigenvalue weighted by Crippen LogP contribution is -2.30. The van der Waals surface area contributed by atoms with E-state index >= 15 is 0 Å². The highest BCUT2D eigenvalue weighted by Crippen LogP contribution is 2.15. The fourth-order valence-corrected chi connectivity index (χ4v) is 7.58. The summed E-state index contributed by atoms with van der Waals surface area (Å²) in [7, 11) is 0. The number of unbranched alkanes of at least 4 members (excludes halogenated alkanes) is 18. The molecule has 0 spiro atoms. The van der Waals surface area contributed by atoms with Gasteiger partial charge < -0.3 is 14.2 Å². The van der Waals surface area contributed by atoms with Crippen LogP contribution in [0.5, 0.6) is 0 Å². The summed E-state index contributed by atoms with van der Waals surface area (Å²) in [6.07, 6.45) is 83.4. The van der Waals surface area contributed by atoms with Gasteiger partial charge in [0.2, 0.25) is 0 Å². The molecule has 1 unspecified atom stereocenters. The van der Waals surface area contributed by atoms with Gasteiger partial charge in [-0.1, -0.05) is 244 Å². The van der Waals surface area contributed by atoms with Gasteiger partial charge in [-0.3, -0.25) is 14.4 Å². The number of esters is 3. The summed E-state index contributed by atoms with van der Waals surface area (Å²) in [5.41, 5.74) is 0. The minimum atomic E-state index is -0.822. The van der Waals surface area contributed by atoms with Gasteiger partial charge >= 0.3 is 17.9 Å². The van der Waals surface area contributed by atoms with Gasteiger partial charge in [0.05, 0.1) is 0 Å². The van der Waals surface area contributed by atoms with Gasteiger partial charge in [-0.05, 0) is 116 Å². The molecule has 0 aliphatic heterocycles. The Labute approximate surface area is 443 Å². The third kappa shape index (κ3) is 56.5. The Morgan fingerprint density at radius 1 is 0.292 bits per heavy atom. The zero-order valence-electron chi connectivity index (χ0n) is 46.4. The van der Waals surface area contributed by atoms with Crippen molar-refractivity contribution in [2.24, 2.45) is 0 Å². The fraction of sp³-hybridized carbons (Fsp3) is 0.621. The number of hydrogen-bond acceptors (Lipinski definition) is 6. The minimum Gasteiger partial charge on any atom is -0.462 e. The Bertz CT molecular complexity index is 1560. The van der Waals surface area contributed by atoms with Gasteiger partial charge in [-0.15, -0.1) is 0 Å². The zero-order valence-corrected chi connectivity index (χ0v) is 46.4. The summed E-state index contributed by atoms with van der Waals surface area (Å²) in [4.78, 5) is 38.0. The summed E-state index contributed by atoms with van der Waals surface area (Å²) in [6.45, 7) is 6.26. The zero-order chi connectivity index (χ0) is 52.2. The maximum atomic E-state index is 12.8. The van der Waals surface area contributed by atoms with Crippen molar-refractivity contribution in [2.75, 3.05) is 13.2 Å². The normalized spacial score (nSPS) is 13.1. The van der Waals surface area contributed by atoms with Crippen molar-refractivity contribution in [3.63, 3.8) is 0 Å². The van der Waals surface area contributed by atoms with Gasteiger partial charge in [0.15, 0.2) is 6.10 Å². The Kier molecular flexibility index (Phi) is 55.5. The van der Waals surface area contributed by atoms with Crippen LogP contribution in [0.2, 0.25) is 0 Å². The molecule has 0 aromatic heterocycles. The first-order valence-corrected chi connectivity index (χ1v) is 29.2. The third-order valence-electron chi connectivity index (χ3n) is 11.9. The van der Waals surface area contributed by atoms with Crippen LogP contribution in [0.15, 0.2) is 134 Å². The van der Waals surface area contributed by atoms with Crippen molar-refractivity contribution in [2.45, 2.75) is 252 Å². The predicted octanol–water partition coefficient (Wildman–Crippen LogP) is 19.8. The number of carbonyl (C=O) groups is 3. The van der Waals surface area contributed by atoms with Crippen LogP contribution in [-0.2, 0) is 28.6 Å². The van der Waals surface area contributed by atoms with Gasteiger partial charge in [0.1, 0.15) is 13.2 Å². The molecule has 0 aromatic rings. The lowest BCUT2D eigenvalue weighted by Gasteiger charge is -2.18. The summed E-state index contributed by atoms with van der Waals surface area (Å²) in [6, 6.07) is 0. The van der Waals surface area contributed by atoms with E-state index in [2.05, 4.69) is 142 Å². The van der Waals surface area contributed by atoms with Crippen LogP contribution in [-0.4, -0.2) is 37.2 Å². The molecule has 0 aliphatic rings. The Balaban J connectivity index is 4.21. The Morgan fingerprint density at radius 2 is 0.569 bits per heavy atom. The van der Waals surface area contributed by atoms with Crippen molar-refractivity contribution < 1.29 is 28.6 Å². The van der Waals surface area contributed by atoms with Gasteiger partial charge in [0, 0.05) is 19.3 Å². The predicted molar refractivity (Wildman–Crippen MR) is 311 cm³/mol. The second-order valence-electron chi connectivity index (χ2n) is 18.8. The molecular weight excluding hydrogens is 889 g/mol. The average Bonchev–Trinajstić information content (AvgIpc) is 3.38. The number of rotatable bonds is 51. The van der Waals surface area contributed by atoms with Crippen LogP contribution < -0.4 is 0 Å². The minimum absolute atomic E-state index is 0.113. The van der Waals surface area contributed by atoms with Crippen molar-refractivity contribution >= 4 is 17.9 Å². The molecule has 0 aliphatic carbocycles. The van der Waals surface area contributed by atoms with Gasteiger partial charge in [-0.25, -0.2) is 0 Å². The molecule has 0 rings (SSSR count). The first-order chi connectivity index (χ1) is 35.5. The second kappa shape index (κ2) is 59.1. The summed E-state index contributed by atoms with van der Waals surface area (Å²) >= 11 is 0. The molecule has 0 radical (unpaired) electrons. The molecule has 0 saturated carbocycles. The summed E-state index contributed by atoms with van der Waals surface area (Å²) in [5.74, 6) is -1.01. The number of allylic oxidation sites excluding steroid dienone is 22. The van der Waals surface area contributed by atoms with Gasteiger partial charge in [0.25, 0.3) is 0 Å². The highest BCUT2D eigenvalue weighted by atomic mass is 16.6.